The molecule has 0 saturated carbocycles. The van der Waals surface area contributed by atoms with E-state index in [9.17, 15) is 5.11 Å². The van der Waals surface area contributed by atoms with Crippen LogP contribution in [-0.4, -0.2) is 46.0 Å². The van der Waals surface area contributed by atoms with Crippen molar-refractivity contribution in [3.63, 3.8) is 0 Å². The van der Waals surface area contributed by atoms with Gasteiger partial charge in [-0.25, -0.2) is 9.50 Å². The number of nitrogens with one attached hydrogen (secondary N) is 1. The van der Waals surface area contributed by atoms with E-state index in [2.05, 4.69) is 32.4 Å². The minimum absolute atomic E-state index is 0.472. The highest BCUT2D eigenvalue weighted by Gasteiger charge is 2.16. The highest BCUT2D eigenvalue weighted by atomic mass is 16.5. The molecule has 7 nitrogen and oxygen atoms in total. The molecule has 1 aliphatic heterocycles. The Bertz CT molecular complexity index is 1120. The number of nitrogens with zero attached hydrogens (tertiary/aromatic N) is 4. The Morgan fingerprint density at radius 2 is 1.70 bits per heavy atom. The molecule has 1 atom stereocenters. The lowest BCUT2D eigenvalue weighted by Crippen LogP contribution is -2.36. The van der Waals surface area contributed by atoms with Gasteiger partial charge in [0.05, 0.1) is 30.6 Å². The van der Waals surface area contributed by atoms with Crippen LogP contribution < -0.4 is 10.2 Å². The molecule has 0 bridgehead atoms. The first-order valence-corrected chi connectivity index (χ1v) is 10.1. The molecule has 4 aromatic rings. The molecule has 7 heteroatoms. The average Bonchev–Trinajstić information content (AvgIpc) is 3.23. The molecule has 1 saturated heterocycles. The van der Waals surface area contributed by atoms with Crippen LogP contribution in [0.15, 0.2) is 72.9 Å². The van der Waals surface area contributed by atoms with E-state index in [4.69, 9.17) is 4.74 Å². The van der Waals surface area contributed by atoms with Crippen LogP contribution in [-0.2, 0) is 4.74 Å². The predicted molar refractivity (Wildman–Crippen MR) is 116 cm³/mol. The lowest BCUT2D eigenvalue weighted by molar-refractivity contribution is 0.122. The van der Waals surface area contributed by atoms with Crippen LogP contribution in [0.2, 0.25) is 0 Å². The van der Waals surface area contributed by atoms with Crippen molar-refractivity contribution in [2.45, 2.75) is 6.10 Å². The predicted octanol–water partition coefficient (Wildman–Crippen LogP) is 3.39. The van der Waals surface area contributed by atoms with Gasteiger partial charge >= 0.3 is 0 Å². The molecule has 5 rings (SSSR count). The van der Waals surface area contributed by atoms with E-state index in [0.29, 0.717) is 11.6 Å². The lowest BCUT2D eigenvalue weighted by atomic mass is 10.1. The fraction of sp³-hybridized carbons (Fsp3) is 0.217. The van der Waals surface area contributed by atoms with Gasteiger partial charge in [0.2, 0.25) is 5.95 Å². The molecule has 0 spiro atoms. The molecule has 3 heterocycles. The van der Waals surface area contributed by atoms with E-state index >= 15 is 0 Å². The summed E-state index contributed by atoms with van der Waals surface area (Å²) in [5, 5.41) is 18.6. The fourth-order valence-corrected chi connectivity index (χ4v) is 3.70. The Morgan fingerprint density at radius 1 is 0.933 bits per heavy atom. The third kappa shape index (κ3) is 3.72. The molecule has 2 N–H and O–H groups in total. The Morgan fingerprint density at radius 3 is 2.47 bits per heavy atom. The Kier molecular flexibility index (Phi) is 5.04. The summed E-state index contributed by atoms with van der Waals surface area (Å²) in [5.41, 5.74) is 4.43. The highest BCUT2D eigenvalue weighted by molar-refractivity contribution is 5.60. The number of anilines is 3. The molecule has 0 radical (unpaired) electrons. The summed E-state index contributed by atoms with van der Waals surface area (Å²) < 4.78 is 7.15. The van der Waals surface area contributed by atoms with Gasteiger partial charge in [-0.3, -0.25) is 0 Å². The summed E-state index contributed by atoms with van der Waals surface area (Å²) >= 11 is 0. The van der Waals surface area contributed by atoms with E-state index in [-0.39, 0.29) is 0 Å². The first-order valence-electron chi connectivity index (χ1n) is 10.1. The monoisotopic (exact) mass is 401 g/mol. The van der Waals surface area contributed by atoms with Crippen molar-refractivity contribution in [3.05, 3.63) is 84.2 Å². The number of rotatable bonds is 5. The first kappa shape index (κ1) is 18.6. The summed E-state index contributed by atoms with van der Waals surface area (Å²) in [4.78, 5) is 6.72. The number of aromatic nitrogens is 3. The van der Waals surface area contributed by atoms with Crippen LogP contribution in [0.25, 0.3) is 5.52 Å². The second-order valence-electron chi connectivity index (χ2n) is 7.26. The number of ether oxygens (including phenoxy) is 1. The molecule has 2 aromatic heterocycles. The number of hydrogen-bond acceptors (Lipinski definition) is 6. The smallest absolute Gasteiger partial charge is 0.245 e. The number of benzene rings is 2. The molecule has 0 aliphatic carbocycles. The lowest BCUT2D eigenvalue weighted by Gasteiger charge is -2.28. The Labute approximate surface area is 174 Å². The van der Waals surface area contributed by atoms with Crippen molar-refractivity contribution >= 4 is 22.8 Å². The number of aliphatic hydroxyl groups excluding tert-OH is 1. The molecule has 1 aliphatic rings. The van der Waals surface area contributed by atoms with Gasteiger partial charge in [0.25, 0.3) is 0 Å². The molecule has 2 aromatic carbocycles. The minimum Gasteiger partial charge on any atom is -0.382 e. The highest BCUT2D eigenvalue weighted by Crippen LogP contribution is 2.24. The molecule has 30 heavy (non-hydrogen) atoms. The molecule has 0 amide bonds. The van der Waals surface area contributed by atoms with Gasteiger partial charge in [-0.1, -0.05) is 30.3 Å². The maximum Gasteiger partial charge on any atom is 0.245 e. The maximum atomic E-state index is 10.8. The third-order valence-electron chi connectivity index (χ3n) is 5.32. The average molecular weight is 401 g/mol. The molecule has 152 valence electrons. The largest absolute Gasteiger partial charge is 0.382 e. The standard InChI is InChI=1S/C23H23N5O2/c29-22(17-4-2-1-3-5-17)21-11-10-20-16-24-23(26-28(20)21)25-18-6-8-19(9-7-18)27-12-14-30-15-13-27/h1-11,16,22,29H,12-15H2,(H,25,26). The summed E-state index contributed by atoms with van der Waals surface area (Å²) in [6.45, 7) is 3.35. The second-order valence-corrected chi connectivity index (χ2v) is 7.26. The molecule has 1 unspecified atom stereocenters. The summed E-state index contributed by atoms with van der Waals surface area (Å²) in [7, 11) is 0. The third-order valence-corrected chi connectivity index (χ3v) is 5.32. The summed E-state index contributed by atoms with van der Waals surface area (Å²) in [6.07, 6.45) is 0.989. The minimum atomic E-state index is -0.760. The quantitative estimate of drug-likeness (QED) is 0.534. The van der Waals surface area contributed by atoms with Gasteiger partial charge in [0.1, 0.15) is 6.10 Å². The van der Waals surface area contributed by atoms with E-state index in [1.54, 1.807) is 10.7 Å². The van der Waals surface area contributed by atoms with Gasteiger partial charge in [-0.2, -0.15) is 0 Å². The Balaban J connectivity index is 1.37. The number of hydrogen-bond donors (Lipinski definition) is 2. The zero-order chi connectivity index (χ0) is 20.3. The number of morpholine rings is 1. The molecular formula is C23H23N5O2. The Hall–Kier alpha value is -3.42. The zero-order valence-corrected chi connectivity index (χ0v) is 16.5. The second kappa shape index (κ2) is 8.14. The normalized spacial score (nSPS) is 15.3. The van der Waals surface area contributed by atoms with Gasteiger partial charge in [0.15, 0.2) is 0 Å². The topological polar surface area (TPSA) is 74.9 Å². The van der Waals surface area contributed by atoms with Gasteiger partial charge < -0.3 is 20.1 Å². The number of fused-ring (bicyclic) bond motifs is 1. The van der Waals surface area contributed by atoms with E-state index < -0.39 is 6.10 Å². The SMILES string of the molecule is OC(c1ccccc1)c1ccc2cnc(Nc3ccc(N4CCOCC4)cc3)nn12. The van der Waals surface area contributed by atoms with Crippen molar-refractivity contribution < 1.29 is 9.84 Å². The maximum absolute atomic E-state index is 10.8. The van der Waals surface area contributed by atoms with Crippen molar-refractivity contribution in [2.24, 2.45) is 0 Å². The van der Waals surface area contributed by atoms with E-state index in [0.717, 1.165) is 43.1 Å². The number of aliphatic hydroxyl groups is 1. The summed E-state index contributed by atoms with van der Waals surface area (Å²) in [6, 6.07) is 21.6. The van der Waals surface area contributed by atoms with Gasteiger partial charge in [0, 0.05) is 24.5 Å². The van der Waals surface area contributed by atoms with Crippen LogP contribution in [0.3, 0.4) is 0 Å². The van der Waals surface area contributed by atoms with Gasteiger partial charge in [-0.15, -0.1) is 5.10 Å². The summed E-state index contributed by atoms with van der Waals surface area (Å²) in [5.74, 6) is 0.472. The molecular weight excluding hydrogens is 378 g/mol. The van der Waals surface area contributed by atoms with E-state index in [1.165, 1.54) is 5.69 Å². The van der Waals surface area contributed by atoms with Crippen LogP contribution >= 0.6 is 0 Å². The molecule has 1 fully saturated rings. The van der Waals surface area contributed by atoms with E-state index in [1.807, 2.05) is 54.6 Å². The van der Waals surface area contributed by atoms with Crippen molar-refractivity contribution in [1.82, 2.24) is 14.6 Å². The first-order chi connectivity index (χ1) is 14.8. The zero-order valence-electron chi connectivity index (χ0n) is 16.5. The fourth-order valence-electron chi connectivity index (χ4n) is 3.70. The van der Waals surface area contributed by atoms with Crippen LogP contribution in [0.5, 0.6) is 0 Å². The van der Waals surface area contributed by atoms with Crippen molar-refractivity contribution in [1.29, 1.82) is 0 Å². The van der Waals surface area contributed by atoms with Crippen molar-refractivity contribution in [2.75, 3.05) is 36.5 Å². The van der Waals surface area contributed by atoms with Crippen LogP contribution in [0.1, 0.15) is 17.4 Å². The van der Waals surface area contributed by atoms with Crippen molar-refractivity contribution in [3.8, 4) is 0 Å². The van der Waals surface area contributed by atoms with Crippen LogP contribution in [0, 0.1) is 0 Å². The van der Waals surface area contributed by atoms with Crippen LogP contribution in [0.4, 0.5) is 17.3 Å². The van der Waals surface area contributed by atoms with Gasteiger partial charge in [-0.05, 0) is 42.0 Å².